The van der Waals surface area contributed by atoms with E-state index in [0.717, 1.165) is 21.6 Å². The number of rotatable bonds is 4. The van der Waals surface area contributed by atoms with Gasteiger partial charge in [-0.05, 0) is 50.2 Å². The van der Waals surface area contributed by atoms with Crippen molar-refractivity contribution in [1.29, 1.82) is 0 Å². The van der Waals surface area contributed by atoms with Crippen molar-refractivity contribution in [3.63, 3.8) is 0 Å². The molecule has 1 atom stereocenters. The van der Waals surface area contributed by atoms with Crippen LogP contribution < -0.4 is 5.32 Å². The molecule has 0 aliphatic heterocycles. The molecule has 0 spiro atoms. The second-order valence-corrected chi connectivity index (χ2v) is 5.27. The minimum absolute atomic E-state index is 0.0374. The summed E-state index contributed by atoms with van der Waals surface area (Å²) in [5.74, 6) is 0.497. The van der Waals surface area contributed by atoms with E-state index in [1.165, 1.54) is 6.07 Å². The molecule has 19 heavy (non-hydrogen) atoms. The Morgan fingerprint density at radius 2 is 2.16 bits per heavy atom. The molecule has 1 aromatic heterocycles. The molecule has 0 saturated heterocycles. The van der Waals surface area contributed by atoms with Crippen molar-refractivity contribution in [1.82, 2.24) is 15.3 Å². The molecule has 0 aliphatic carbocycles. The monoisotopic (exact) mass is 323 g/mol. The van der Waals surface area contributed by atoms with Gasteiger partial charge in [0.1, 0.15) is 11.6 Å². The van der Waals surface area contributed by atoms with Crippen LogP contribution in [0.25, 0.3) is 0 Å². The quantitative estimate of drug-likeness (QED) is 0.939. The zero-order valence-electron chi connectivity index (χ0n) is 10.8. The molecule has 0 saturated carbocycles. The lowest BCUT2D eigenvalue weighted by molar-refractivity contribution is 0.567. The molecule has 2 aromatic rings. The molecule has 3 nitrogen and oxygen atoms in total. The molecule has 1 heterocycles. The number of benzene rings is 1. The first-order chi connectivity index (χ1) is 9.08. The summed E-state index contributed by atoms with van der Waals surface area (Å²) in [7, 11) is 1.87. The Kier molecular flexibility index (Phi) is 4.61. The molecule has 0 fully saturated rings. The second kappa shape index (κ2) is 6.21. The van der Waals surface area contributed by atoms with Gasteiger partial charge in [-0.25, -0.2) is 14.4 Å². The van der Waals surface area contributed by atoms with Gasteiger partial charge in [0.15, 0.2) is 0 Å². The largest absolute Gasteiger partial charge is 0.311 e. The van der Waals surface area contributed by atoms with Crippen molar-refractivity contribution in [2.75, 3.05) is 7.05 Å². The number of halogens is 2. The Hall–Kier alpha value is -1.33. The van der Waals surface area contributed by atoms with E-state index < -0.39 is 0 Å². The van der Waals surface area contributed by atoms with Crippen LogP contribution in [0.4, 0.5) is 4.39 Å². The highest BCUT2D eigenvalue weighted by Crippen LogP contribution is 2.20. The highest BCUT2D eigenvalue weighted by molar-refractivity contribution is 9.10. The fourth-order valence-corrected chi connectivity index (χ4v) is 2.50. The molecule has 0 radical (unpaired) electrons. The summed E-state index contributed by atoms with van der Waals surface area (Å²) in [5.41, 5.74) is 1.83. The number of hydrogen-bond acceptors (Lipinski definition) is 3. The maximum atomic E-state index is 13.4. The molecule has 0 aliphatic rings. The number of nitrogens with one attached hydrogen (secondary N) is 1. The third kappa shape index (κ3) is 3.81. The predicted octanol–water partition coefficient (Wildman–Crippen LogP) is 3.19. The van der Waals surface area contributed by atoms with Gasteiger partial charge < -0.3 is 5.32 Å². The van der Waals surface area contributed by atoms with E-state index in [0.29, 0.717) is 6.42 Å². The maximum Gasteiger partial charge on any atom is 0.125 e. The van der Waals surface area contributed by atoms with E-state index in [1.807, 2.05) is 26.1 Å². The molecular weight excluding hydrogens is 309 g/mol. The maximum absolute atomic E-state index is 13.4. The Morgan fingerprint density at radius 1 is 1.37 bits per heavy atom. The lowest BCUT2D eigenvalue weighted by Crippen LogP contribution is -2.20. The molecule has 1 N–H and O–H groups in total. The number of hydrogen-bond donors (Lipinski definition) is 1. The van der Waals surface area contributed by atoms with Crippen LogP contribution in [0.2, 0.25) is 0 Å². The topological polar surface area (TPSA) is 37.8 Å². The van der Waals surface area contributed by atoms with E-state index >= 15 is 0 Å². The van der Waals surface area contributed by atoms with Crippen LogP contribution in [0, 0.1) is 12.7 Å². The van der Waals surface area contributed by atoms with E-state index in [1.54, 1.807) is 12.3 Å². The average Bonchev–Trinajstić information content (AvgIpc) is 2.34. The summed E-state index contributed by atoms with van der Waals surface area (Å²) >= 11 is 3.31. The van der Waals surface area contributed by atoms with Gasteiger partial charge in [-0.1, -0.05) is 15.9 Å². The Morgan fingerprint density at radius 3 is 2.79 bits per heavy atom. The molecule has 5 heteroatoms. The van der Waals surface area contributed by atoms with Gasteiger partial charge in [-0.3, -0.25) is 0 Å². The predicted molar refractivity (Wildman–Crippen MR) is 76.4 cm³/mol. The van der Waals surface area contributed by atoms with Gasteiger partial charge in [0.2, 0.25) is 0 Å². The molecule has 1 aromatic carbocycles. The molecule has 0 amide bonds. The Bertz CT molecular complexity index is 554. The summed E-state index contributed by atoms with van der Waals surface area (Å²) in [6.45, 7) is 1.86. The van der Waals surface area contributed by atoms with E-state index in [-0.39, 0.29) is 11.9 Å². The lowest BCUT2D eigenvalue weighted by Gasteiger charge is -2.16. The third-order valence-corrected chi connectivity index (χ3v) is 3.32. The number of likely N-dealkylation sites (N-methyl/N-ethyl adjacent to an activating group) is 1. The van der Waals surface area contributed by atoms with Crippen LogP contribution in [0.5, 0.6) is 0 Å². The zero-order chi connectivity index (χ0) is 13.8. The van der Waals surface area contributed by atoms with Crippen molar-refractivity contribution in [2.24, 2.45) is 0 Å². The van der Waals surface area contributed by atoms with Gasteiger partial charge in [0.05, 0.1) is 11.7 Å². The van der Waals surface area contributed by atoms with Crippen molar-refractivity contribution < 1.29 is 4.39 Å². The van der Waals surface area contributed by atoms with Gasteiger partial charge in [-0.15, -0.1) is 0 Å². The van der Waals surface area contributed by atoms with E-state index in [4.69, 9.17) is 0 Å². The van der Waals surface area contributed by atoms with Crippen LogP contribution >= 0.6 is 15.9 Å². The van der Waals surface area contributed by atoms with E-state index in [2.05, 4.69) is 31.2 Å². The van der Waals surface area contributed by atoms with Crippen LogP contribution in [0.15, 0.2) is 34.9 Å². The Labute approximate surface area is 120 Å². The van der Waals surface area contributed by atoms with Gasteiger partial charge in [-0.2, -0.15) is 0 Å². The molecule has 100 valence electrons. The van der Waals surface area contributed by atoms with Gasteiger partial charge in [0, 0.05) is 10.7 Å². The standard InChI is InChI=1S/C14H15BrFN3/c1-9-18-4-3-13(19-9)14(17-2)7-10-5-11(15)8-12(16)6-10/h3-6,8,14,17H,7H2,1-2H3. The van der Waals surface area contributed by atoms with Crippen LogP contribution in [0.1, 0.15) is 23.1 Å². The first-order valence-electron chi connectivity index (χ1n) is 6.00. The zero-order valence-corrected chi connectivity index (χ0v) is 12.4. The van der Waals surface area contributed by atoms with E-state index in [9.17, 15) is 4.39 Å². The van der Waals surface area contributed by atoms with Crippen molar-refractivity contribution in [2.45, 2.75) is 19.4 Å². The first-order valence-corrected chi connectivity index (χ1v) is 6.79. The lowest BCUT2D eigenvalue weighted by atomic mass is 10.0. The summed E-state index contributed by atoms with van der Waals surface area (Å²) in [6, 6.07) is 6.83. The van der Waals surface area contributed by atoms with Crippen LogP contribution in [0.3, 0.4) is 0 Å². The average molecular weight is 324 g/mol. The summed E-state index contributed by atoms with van der Waals surface area (Å²) in [5, 5.41) is 3.20. The Balaban J connectivity index is 2.23. The van der Waals surface area contributed by atoms with Crippen molar-refractivity contribution in [3.8, 4) is 0 Å². The minimum Gasteiger partial charge on any atom is -0.311 e. The fraction of sp³-hybridized carbons (Fsp3) is 0.286. The molecule has 2 rings (SSSR count). The number of aryl methyl sites for hydroxylation is 1. The van der Waals surface area contributed by atoms with Crippen LogP contribution in [-0.2, 0) is 6.42 Å². The smallest absolute Gasteiger partial charge is 0.125 e. The number of nitrogens with zero attached hydrogens (tertiary/aromatic N) is 2. The SMILES string of the molecule is CNC(Cc1cc(F)cc(Br)c1)c1ccnc(C)n1. The van der Waals surface area contributed by atoms with Crippen LogP contribution in [-0.4, -0.2) is 17.0 Å². The summed E-state index contributed by atoms with van der Waals surface area (Å²) in [4.78, 5) is 8.49. The van der Waals surface area contributed by atoms with Gasteiger partial charge in [0.25, 0.3) is 0 Å². The van der Waals surface area contributed by atoms with Gasteiger partial charge >= 0.3 is 0 Å². The highest BCUT2D eigenvalue weighted by Gasteiger charge is 2.13. The second-order valence-electron chi connectivity index (χ2n) is 4.35. The van der Waals surface area contributed by atoms with Crippen molar-refractivity contribution in [3.05, 3.63) is 57.8 Å². The number of aromatic nitrogens is 2. The minimum atomic E-state index is -0.238. The molecule has 0 bridgehead atoms. The molecule has 1 unspecified atom stereocenters. The highest BCUT2D eigenvalue weighted by atomic mass is 79.9. The first kappa shape index (κ1) is 14.1. The fourth-order valence-electron chi connectivity index (χ4n) is 1.99. The summed E-state index contributed by atoms with van der Waals surface area (Å²) < 4.78 is 14.1. The third-order valence-electron chi connectivity index (χ3n) is 2.87. The van der Waals surface area contributed by atoms with Crippen molar-refractivity contribution >= 4 is 15.9 Å². The molecular formula is C14H15BrFN3. The normalized spacial score (nSPS) is 12.4. The summed E-state index contributed by atoms with van der Waals surface area (Å²) in [6.07, 6.45) is 2.41.